The zero-order valence-electron chi connectivity index (χ0n) is 12.6. The fourth-order valence-corrected chi connectivity index (χ4v) is 2.91. The highest BCUT2D eigenvalue weighted by atomic mass is 16.2. The second-order valence-corrected chi connectivity index (χ2v) is 5.67. The molecule has 0 aliphatic carbocycles. The molecule has 3 heterocycles. The van der Waals surface area contributed by atoms with Crippen molar-refractivity contribution >= 4 is 5.91 Å². The average Bonchev–Trinajstić information content (AvgIpc) is 3.14. The number of carbonyl (C=O) groups excluding carboxylic acids is 1. The van der Waals surface area contributed by atoms with Crippen LogP contribution in [0.5, 0.6) is 0 Å². The van der Waals surface area contributed by atoms with E-state index in [1.54, 1.807) is 15.8 Å². The van der Waals surface area contributed by atoms with Crippen LogP contribution in [-0.2, 0) is 19.5 Å². The third kappa shape index (κ3) is 2.84. The molecule has 6 nitrogen and oxygen atoms in total. The average molecular weight is 287 g/mol. The summed E-state index contributed by atoms with van der Waals surface area (Å²) >= 11 is 0. The molecule has 0 radical (unpaired) electrons. The molecule has 3 rings (SSSR count). The third-order valence-electron chi connectivity index (χ3n) is 4.13. The number of fused-ring (bicyclic) bond motifs is 1. The van der Waals surface area contributed by atoms with E-state index in [0.717, 1.165) is 38.3 Å². The Morgan fingerprint density at radius 2 is 2.38 bits per heavy atom. The number of aryl methyl sites for hydroxylation is 2. The molecule has 0 saturated carbocycles. The lowest BCUT2D eigenvalue weighted by molar-refractivity contribution is 0.0764. The van der Waals surface area contributed by atoms with Gasteiger partial charge in [0.15, 0.2) is 0 Å². The summed E-state index contributed by atoms with van der Waals surface area (Å²) in [5.74, 6) is 1.66. The van der Waals surface area contributed by atoms with Crippen LogP contribution in [0.2, 0.25) is 0 Å². The molecule has 0 N–H and O–H groups in total. The number of imidazole rings is 1. The van der Waals surface area contributed by atoms with Crippen LogP contribution in [-0.4, -0.2) is 43.7 Å². The molecular weight excluding hydrogens is 266 g/mol. The molecule has 2 aromatic rings. The molecule has 0 saturated heterocycles. The van der Waals surface area contributed by atoms with Crippen molar-refractivity contribution in [2.24, 2.45) is 5.92 Å². The Hall–Kier alpha value is -2.11. The molecule has 0 bridgehead atoms. The van der Waals surface area contributed by atoms with Crippen molar-refractivity contribution in [1.82, 2.24) is 24.2 Å². The fourth-order valence-electron chi connectivity index (χ4n) is 2.91. The summed E-state index contributed by atoms with van der Waals surface area (Å²) < 4.78 is 3.97. The lowest BCUT2D eigenvalue weighted by Crippen LogP contribution is -2.34. The Labute approximate surface area is 124 Å². The van der Waals surface area contributed by atoms with E-state index in [9.17, 15) is 4.79 Å². The van der Waals surface area contributed by atoms with Gasteiger partial charge in [0.25, 0.3) is 5.91 Å². The number of hydrogen-bond donors (Lipinski definition) is 0. The van der Waals surface area contributed by atoms with E-state index < -0.39 is 0 Å². The number of carbonyl (C=O) groups is 1. The first-order valence-corrected chi connectivity index (χ1v) is 7.45. The summed E-state index contributed by atoms with van der Waals surface area (Å²) in [6, 6.07) is 0. The van der Waals surface area contributed by atoms with Crippen LogP contribution in [0.3, 0.4) is 0 Å². The standard InChI is InChI=1S/C15H21N5O/c1-3-20-11-13(9-17-20)15(21)18(2)10-12-4-6-19-7-5-16-14(19)8-12/h5,7,9,11-12H,3-4,6,8,10H2,1-2H3/t12-/m1/s1. The minimum Gasteiger partial charge on any atom is -0.341 e. The summed E-state index contributed by atoms with van der Waals surface area (Å²) in [5, 5.41) is 4.16. The van der Waals surface area contributed by atoms with E-state index in [1.165, 1.54) is 0 Å². The molecule has 0 spiro atoms. The summed E-state index contributed by atoms with van der Waals surface area (Å²) in [6.07, 6.45) is 9.38. The zero-order chi connectivity index (χ0) is 14.8. The van der Waals surface area contributed by atoms with Crippen molar-refractivity contribution in [3.05, 3.63) is 36.2 Å². The van der Waals surface area contributed by atoms with Crippen LogP contribution in [0.25, 0.3) is 0 Å². The van der Waals surface area contributed by atoms with Gasteiger partial charge in [0.1, 0.15) is 5.82 Å². The maximum absolute atomic E-state index is 12.4. The highest BCUT2D eigenvalue weighted by molar-refractivity contribution is 5.93. The van der Waals surface area contributed by atoms with Gasteiger partial charge in [0, 0.05) is 51.7 Å². The zero-order valence-corrected chi connectivity index (χ0v) is 12.6. The number of rotatable bonds is 4. The van der Waals surface area contributed by atoms with Crippen LogP contribution in [0.1, 0.15) is 29.5 Å². The lowest BCUT2D eigenvalue weighted by Gasteiger charge is -2.27. The Balaban J connectivity index is 1.61. The molecule has 0 aromatic carbocycles. The predicted molar refractivity (Wildman–Crippen MR) is 78.9 cm³/mol. The summed E-state index contributed by atoms with van der Waals surface area (Å²) in [5.41, 5.74) is 0.664. The van der Waals surface area contributed by atoms with Gasteiger partial charge in [-0.3, -0.25) is 9.48 Å². The fraction of sp³-hybridized carbons (Fsp3) is 0.533. The lowest BCUT2D eigenvalue weighted by atomic mass is 9.97. The summed E-state index contributed by atoms with van der Waals surface area (Å²) in [6.45, 7) is 4.55. The molecule has 1 aliphatic rings. The van der Waals surface area contributed by atoms with Gasteiger partial charge in [0.05, 0.1) is 11.8 Å². The molecule has 1 atom stereocenters. The molecule has 6 heteroatoms. The number of aromatic nitrogens is 4. The van der Waals surface area contributed by atoms with Gasteiger partial charge in [-0.15, -0.1) is 0 Å². The van der Waals surface area contributed by atoms with E-state index in [-0.39, 0.29) is 5.91 Å². The van der Waals surface area contributed by atoms with E-state index in [4.69, 9.17) is 0 Å². The van der Waals surface area contributed by atoms with Crippen LogP contribution in [0, 0.1) is 5.92 Å². The van der Waals surface area contributed by atoms with E-state index in [0.29, 0.717) is 11.5 Å². The normalized spacial score (nSPS) is 17.5. The number of amides is 1. The monoisotopic (exact) mass is 287 g/mol. The highest BCUT2D eigenvalue weighted by Gasteiger charge is 2.23. The van der Waals surface area contributed by atoms with E-state index in [1.807, 2.05) is 32.6 Å². The Morgan fingerprint density at radius 1 is 1.52 bits per heavy atom. The molecule has 0 unspecified atom stereocenters. The van der Waals surface area contributed by atoms with Crippen molar-refractivity contribution in [1.29, 1.82) is 0 Å². The van der Waals surface area contributed by atoms with Crippen molar-refractivity contribution in [3.63, 3.8) is 0 Å². The number of nitrogens with zero attached hydrogens (tertiary/aromatic N) is 5. The maximum atomic E-state index is 12.4. The van der Waals surface area contributed by atoms with E-state index >= 15 is 0 Å². The van der Waals surface area contributed by atoms with Gasteiger partial charge < -0.3 is 9.47 Å². The van der Waals surface area contributed by atoms with Crippen molar-refractivity contribution in [2.45, 2.75) is 32.9 Å². The maximum Gasteiger partial charge on any atom is 0.256 e. The molecule has 112 valence electrons. The molecule has 0 fully saturated rings. The molecule has 2 aromatic heterocycles. The van der Waals surface area contributed by atoms with Crippen LogP contribution < -0.4 is 0 Å². The van der Waals surface area contributed by atoms with Crippen LogP contribution >= 0.6 is 0 Å². The van der Waals surface area contributed by atoms with Crippen molar-refractivity contribution < 1.29 is 4.79 Å². The minimum absolute atomic E-state index is 0.0450. The Bertz CT molecular complexity index is 630. The van der Waals surface area contributed by atoms with Gasteiger partial charge in [-0.25, -0.2) is 4.98 Å². The SMILES string of the molecule is CCn1cc(C(=O)N(C)C[C@@H]2CCn3ccnc3C2)cn1. The Kier molecular flexibility index (Phi) is 3.77. The van der Waals surface area contributed by atoms with Gasteiger partial charge in [-0.05, 0) is 19.3 Å². The predicted octanol–water partition coefficient (Wildman–Crippen LogP) is 1.43. The minimum atomic E-state index is 0.0450. The highest BCUT2D eigenvalue weighted by Crippen LogP contribution is 2.20. The van der Waals surface area contributed by atoms with Gasteiger partial charge in [0.2, 0.25) is 0 Å². The first-order chi connectivity index (χ1) is 10.2. The van der Waals surface area contributed by atoms with Gasteiger partial charge in [-0.1, -0.05) is 0 Å². The largest absolute Gasteiger partial charge is 0.341 e. The van der Waals surface area contributed by atoms with Crippen molar-refractivity contribution in [3.8, 4) is 0 Å². The number of hydrogen-bond acceptors (Lipinski definition) is 3. The Morgan fingerprint density at radius 3 is 3.14 bits per heavy atom. The quantitative estimate of drug-likeness (QED) is 0.855. The first-order valence-electron chi connectivity index (χ1n) is 7.45. The molecular formula is C15H21N5O. The van der Waals surface area contributed by atoms with Gasteiger partial charge in [-0.2, -0.15) is 5.10 Å². The van der Waals surface area contributed by atoms with Crippen molar-refractivity contribution in [2.75, 3.05) is 13.6 Å². The molecule has 1 aliphatic heterocycles. The summed E-state index contributed by atoms with van der Waals surface area (Å²) in [4.78, 5) is 18.6. The summed E-state index contributed by atoms with van der Waals surface area (Å²) in [7, 11) is 1.87. The first kappa shape index (κ1) is 13.9. The van der Waals surface area contributed by atoms with Crippen LogP contribution in [0.15, 0.2) is 24.8 Å². The molecule has 21 heavy (non-hydrogen) atoms. The topological polar surface area (TPSA) is 56.0 Å². The van der Waals surface area contributed by atoms with E-state index in [2.05, 4.69) is 14.6 Å². The van der Waals surface area contributed by atoms with Crippen LogP contribution in [0.4, 0.5) is 0 Å². The second-order valence-electron chi connectivity index (χ2n) is 5.67. The molecule has 1 amide bonds. The second kappa shape index (κ2) is 5.71. The smallest absolute Gasteiger partial charge is 0.256 e. The van der Waals surface area contributed by atoms with Gasteiger partial charge >= 0.3 is 0 Å². The third-order valence-corrected chi connectivity index (χ3v) is 4.13.